The van der Waals surface area contributed by atoms with Gasteiger partial charge in [-0.1, -0.05) is 29.8 Å². The Morgan fingerprint density at radius 1 is 1.11 bits per heavy atom. The molecule has 1 heterocycles. The van der Waals surface area contributed by atoms with Gasteiger partial charge in [0.05, 0.1) is 16.2 Å². The van der Waals surface area contributed by atoms with Crippen LogP contribution >= 0.6 is 23.8 Å². The number of para-hydroxylation sites is 1. The number of hydrogen-bond donors (Lipinski definition) is 1. The zero-order valence-electron chi connectivity index (χ0n) is 14.2. The van der Waals surface area contributed by atoms with Crippen molar-refractivity contribution in [3.8, 4) is 0 Å². The fourth-order valence-corrected chi connectivity index (χ4v) is 2.95. The molecule has 0 atom stereocenters. The third-order valence-electron chi connectivity index (χ3n) is 3.86. The molecular formula is C19H12ClN3O4S. The first kappa shape index (κ1) is 19.4. The number of nitro groups is 1. The van der Waals surface area contributed by atoms with Gasteiger partial charge in [0.1, 0.15) is 5.57 Å². The largest absolute Gasteiger partial charge is 0.298 e. The van der Waals surface area contributed by atoms with Gasteiger partial charge in [-0.25, -0.2) is 0 Å². The number of thiocarbonyl (C=S) groups is 1. The van der Waals surface area contributed by atoms with E-state index in [-0.39, 0.29) is 16.4 Å². The van der Waals surface area contributed by atoms with Crippen LogP contribution in [-0.2, 0) is 9.59 Å². The minimum atomic E-state index is -0.646. The monoisotopic (exact) mass is 413 g/mol. The van der Waals surface area contributed by atoms with Crippen molar-refractivity contribution >= 4 is 58.2 Å². The van der Waals surface area contributed by atoms with Crippen molar-refractivity contribution in [3.63, 3.8) is 0 Å². The number of nitro benzene ring substituents is 1. The Bertz CT molecular complexity index is 1050. The van der Waals surface area contributed by atoms with Gasteiger partial charge in [0.15, 0.2) is 5.11 Å². The Balaban J connectivity index is 1.91. The second-order valence-corrected chi connectivity index (χ2v) is 6.45. The van der Waals surface area contributed by atoms with Crippen molar-refractivity contribution in [2.75, 3.05) is 4.90 Å². The Kier molecular flexibility index (Phi) is 5.62. The number of anilines is 1. The van der Waals surface area contributed by atoms with Crippen molar-refractivity contribution < 1.29 is 14.5 Å². The molecule has 3 rings (SSSR count). The lowest BCUT2D eigenvalue weighted by Crippen LogP contribution is -2.54. The van der Waals surface area contributed by atoms with Gasteiger partial charge in [-0.15, -0.1) is 0 Å². The van der Waals surface area contributed by atoms with Crippen molar-refractivity contribution in [1.82, 2.24) is 5.32 Å². The number of nitrogens with zero attached hydrogens (tertiary/aromatic N) is 2. The SMILES string of the molecule is O=C1NC(=S)N(c2ccc(Cl)cc2)C(=O)/C1=C\C=C\c1ccccc1[N+](=O)[O-]. The number of hydrogen-bond acceptors (Lipinski definition) is 5. The zero-order valence-corrected chi connectivity index (χ0v) is 15.7. The van der Waals surface area contributed by atoms with Crippen LogP contribution in [0.3, 0.4) is 0 Å². The first-order valence-corrected chi connectivity index (χ1v) is 8.74. The highest BCUT2D eigenvalue weighted by Gasteiger charge is 2.34. The molecule has 0 bridgehead atoms. The van der Waals surface area contributed by atoms with Gasteiger partial charge in [0.2, 0.25) is 0 Å². The molecular weight excluding hydrogens is 402 g/mol. The summed E-state index contributed by atoms with van der Waals surface area (Å²) in [6.45, 7) is 0. The average Bonchev–Trinajstić information content (AvgIpc) is 2.66. The van der Waals surface area contributed by atoms with Gasteiger partial charge in [-0.2, -0.15) is 0 Å². The summed E-state index contributed by atoms with van der Waals surface area (Å²) in [4.78, 5) is 36.7. The molecule has 0 aliphatic carbocycles. The third kappa shape index (κ3) is 3.98. The topological polar surface area (TPSA) is 92.6 Å². The maximum atomic E-state index is 12.8. The smallest absolute Gasteiger partial charge is 0.276 e. The zero-order chi connectivity index (χ0) is 20.3. The Morgan fingerprint density at radius 2 is 1.79 bits per heavy atom. The molecule has 1 saturated heterocycles. The van der Waals surface area contributed by atoms with Gasteiger partial charge in [-0.3, -0.25) is 29.9 Å². The number of allylic oxidation sites excluding steroid dienone is 2. The van der Waals surface area contributed by atoms with Gasteiger partial charge in [0.25, 0.3) is 17.5 Å². The number of halogens is 1. The lowest BCUT2D eigenvalue weighted by molar-refractivity contribution is -0.385. The maximum Gasteiger partial charge on any atom is 0.276 e. The maximum absolute atomic E-state index is 12.8. The van der Waals surface area contributed by atoms with E-state index in [9.17, 15) is 19.7 Å². The summed E-state index contributed by atoms with van der Waals surface area (Å²) in [5.41, 5.74) is 0.560. The summed E-state index contributed by atoms with van der Waals surface area (Å²) < 4.78 is 0. The molecule has 0 saturated carbocycles. The highest BCUT2D eigenvalue weighted by molar-refractivity contribution is 7.80. The number of nitrogens with one attached hydrogen (secondary N) is 1. The molecule has 2 amide bonds. The van der Waals surface area contributed by atoms with E-state index in [1.165, 1.54) is 29.2 Å². The van der Waals surface area contributed by atoms with Crippen LogP contribution in [0.2, 0.25) is 5.02 Å². The van der Waals surface area contributed by atoms with E-state index in [1.54, 1.807) is 42.5 Å². The van der Waals surface area contributed by atoms with Crippen LogP contribution in [0.4, 0.5) is 11.4 Å². The molecule has 2 aromatic carbocycles. The fraction of sp³-hybridized carbons (Fsp3) is 0. The van der Waals surface area contributed by atoms with E-state index in [2.05, 4.69) is 5.32 Å². The normalized spacial score (nSPS) is 16.0. The molecule has 0 spiro atoms. The second kappa shape index (κ2) is 8.12. The predicted octanol–water partition coefficient (Wildman–Crippen LogP) is 3.64. The number of amides is 2. The highest BCUT2D eigenvalue weighted by Crippen LogP contribution is 2.23. The summed E-state index contributed by atoms with van der Waals surface area (Å²) in [6.07, 6.45) is 4.15. The fourth-order valence-electron chi connectivity index (χ4n) is 2.54. The summed E-state index contributed by atoms with van der Waals surface area (Å²) in [7, 11) is 0. The highest BCUT2D eigenvalue weighted by atomic mass is 35.5. The van der Waals surface area contributed by atoms with Gasteiger partial charge in [0, 0.05) is 11.1 Å². The van der Waals surface area contributed by atoms with E-state index in [4.69, 9.17) is 23.8 Å². The van der Waals surface area contributed by atoms with Crippen LogP contribution in [0.5, 0.6) is 0 Å². The van der Waals surface area contributed by atoms with E-state index in [1.807, 2.05) is 0 Å². The van der Waals surface area contributed by atoms with Crippen molar-refractivity contribution in [2.45, 2.75) is 0 Å². The Labute approximate surface area is 170 Å². The van der Waals surface area contributed by atoms with Crippen molar-refractivity contribution in [2.24, 2.45) is 0 Å². The van der Waals surface area contributed by atoms with Crippen LogP contribution in [0.15, 0.2) is 66.3 Å². The van der Waals surface area contributed by atoms with Crippen molar-refractivity contribution in [3.05, 3.63) is 87.0 Å². The van der Waals surface area contributed by atoms with Crippen LogP contribution in [0.1, 0.15) is 5.56 Å². The predicted molar refractivity (Wildman–Crippen MR) is 110 cm³/mol. The number of rotatable bonds is 4. The number of carbonyl (C=O) groups is 2. The summed E-state index contributed by atoms with van der Waals surface area (Å²) in [6, 6.07) is 12.5. The first-order chi connectivity index (χ1) is 13.4. The standard InChI is InChI=1S/C19H12ClN3O4S/c20-13-8-10-14(11-9-13)22-18(25)15(17(24)21-19(22)28)6-3-5-12-4-1-2-7-16(12)23(26)27/h1-11H,(H,21,24,28)/b5-3+,15-6-. The Hall–Kier alpha value is -3.36. The lowest BCUT2D eigenvalue weighted by Gasteiger charge is -2.28. The molecule has 2 aromatic rings. The minimum Gasteiger partial charge on any atom is -0.298 e. The van der Waals surface area contributed by atoms with Crippen LogP contribution < -0.4 is 10.2 Å². The quantitative estimate of drug-likeness (QED) is 0.271. The number of benzene rings is 2. The molecule has 0 unspecified atom stereocenters. The molecule has 1 aliphatic rings. The van der Waals surface area contributed by atoms with E-state index >= 15 is 0 Å². The molecule has 1 fully saturated rings. The summed E-state index contributed by atoms with van der Waals surface area (Å²) in [5, 5.41) is 14.0. The van der Waals surface area contributed by atoms with Crippen LogP contribution in [0, 0.1) is 10.1 Å². The number of carbonyl (C=O) groups excluding carboxylic acids is 2. The summed E-state index contributed by atoms with van der Waals surface area (Å²) in [5.74, 6) is -1.25. The molecule has 140 valence electrons. The Morgan fingerprint density at radius 3 is 2.46 bits per heavy atom. The van der Waals surface area contributed by atoms with Crippen LogP contribution in [-0.4, -0.2) is 21.9 Å². The molecule has 1 aliphatic heterocycles. The van der Waals surface area contributed by atoms with Crippen LogP contribution in [0.25, 0.3) is 6.08 Å². The van der Waals surface area contributed by atoms with Gasteiger partial charge < -0.3 is 0 Å². The second-order valence-electron chi connectivity index (χ2n) is 5.63. The summed E-state index contributed by atoms with van der Waals surface area (Å²) >= 11 is 11.0. The van der Waals surface area contributed by atoms with E-state index in [0.717, 1.165) is 0 Å². The first-order valence-electron chi connectivity index (χ1n) is 7.95. The molecule has 28 heavy (non-hydrogen) atoms. The molecule has 7 nitrogen and oxygen atoms in total. The average molecular weight is 414 g/mol. The van der Waals surface area contributed by atoms with Crippen molar-refractivity contribution in [1.29, 1.82) is 0 Å². The molecule has 0 radical (unpaired) electrons. The van der Waals surface area contributed by atoms with Gasteiger partial charge in [-0.05, 0) is 54.7 Å². The van der Waals surface area contributed by atoms with Gasteiger partial charge >= 0.3 is 0 Å². The van der Waals surface area contributed by atoms with E-state index in [0.29, 0.717) is 16.3 Å². The molecule has 1 N–H and O–H groups in total. The minimum absolute atomic E-state index is 0.0443. The molecule has 9 heteroatoms. The van der Waals surface area contributed by atoms with E-state index < -0.39 is 16.7 Å². The lowest BCUT2D eigenvalue weighted by atomic mass is 10.1. The molecule has 0 aromatic heterocycles. The third-order valence-corrected chi connectivity index (χ3v) is 4.40.